The zero-order valence-electron chi connectivity index (χ0n) is 5.28. The summed E-state index contributed by atoms with van der Waals surface area (Å²) in [5.74, 6) is 0. The van der Waals surface area contributed by atoms with Crippen molar-refractivity contribution in [3.63, 3.8) is 0 Å². The molecule has 1 aliphatic rings. The van der Waals surface area contributed by atoms with E-state index < -0.39 is 11.8 Å². The van der Waals surface area contributed by atoms with Crippen molar-refractivity contribution < 1.29 is 0 Å². The molecular formula is C5H10N4. The molecule has 4 N–H and O–H groups in total. The summed E-state index contributed by atoms with van der Waals surface area (Å²) < 4.78 is 0. The summed E-state index contributed by atoms with van der Waals surface area (Å²) in [5.41, 5.74) is 10.3. The van der Waals surface area contributed by atoms with Gasteiger partial charge in [-0.15, -0.1) is 0 Å². The molecular weight excluding hydrogens is 116 g/mol. The van der Waals surface area contributed by atoms with Crippen molar-refractivity contribution in [1.82, 2.24) is 0 Å². The molecule has 0 aromatic carbocycles. The van der Waals surface area contributed by atoms with E-state index in [0.29, 0.717) is 0 Å². The number of nitrogens with two attached hydrogens (primary N) is 2. The fourth-order valence-corrected chi connectivity index (χ4v) is 0.552. The number of nitrogens with zero attached hydrogens (tertiary/aromatic N) is 2. The molecule has 0 amide bonds. The molecule has 1 aliphatic heterocycles. The van der Waals surface area contributed by atoms with Crippen LogP contribution in [0.15, 0.2) is 9.98 Å². The first-order valence-corrected chi connectivity index (χ1v) is 2.74. The fraction of sp³-hybridized carbons (Fsp3) is 0.600. The van der Waals surface area contributed by atoms with Crippen molar-refractivity contribution in [1.29, 1.82) is 0 Å². The van der Waals surface area contributed by atoms with Gasteiger partial charge in [-0.1, -0.05) is 0 Å². The van der Waals surface area contributed by atoms with Crippen molar-refractivity contribution in [2.24, 2.45) is 21.5 Å². The third-order valence-electron chi connectivity index (χ3n) is 1.26. The highest BCUT2D eigenvalue weighted by molar-refractivity contribution is 6.16. The van der Waals surface area contributed by atoms with E-state index in [1.54, 1.807) is 19.4 Å². The zero-order valence-corrected chi connectivity index (χ0v) is 5.28. The van der Waals surface area contributed by atoms with Gasteiger partial charge in [0.15, 0.2) is 0 Å². The lowest BCUT2D eigenvalue weighted by Crippen LogP contribution is -2.51. The molecule has 50 valence electrons. The maximum absolute atomic E-state index is 5.58. The molecule has 2 atom stereocenters. The highest BCUT2D eigenvalue weighted by Crippen LogP contribution is 2.07. The summed E-state index contributed by atoms with van der Waals surface area (Å²) >= 11 is 0. The van der Waals surface area contributed by atoms with E-state index in [4.69, 9.17) is 11.5 Å². The van der Waals surface area contributed by atoms with Crippen LogP contribution >= 0.6 is 0 Å². The standard InChI is InChI=1S/C5H10N4/c1-5(7)4(6)8-2-3-9-5/h2-4H,6-7H2,1H3. The minimum atomic E-state index is -0.714. The quantitative estimate of drug-likeness (QED) is 0.441. The van der Waals surface area contributed by atoms with Gasteiger partial charge < -0.3 is 11.5 Å². The molecule has 0 aromatic rings. The number of aliphatic imine (C=N–C) groups is 2. The molecule has 0 aliphatic carbocycles. The summed E-state index contributed by atoms with van der Waals surface area (Å²) in [7, 11) is 0. The van der Waals surface area contributed by atoms with Gasteiger partial charge in [0.2, 0.25) is 0 Å². The second-order valence-corrected chi connectivity index (χ2v) is 2.25. The second kappa shape index (κ2) is 1.89. The van der Waals surface area contributed by atoms with Gasteiger partial charge in [-0.25, -0.2) is 0 Å². The number of hydrogen-bond acceptors (Lipinski definition) is 4. The Kier molecular flexibility index (Phi) is 1.34. The van der Waals surface area contributed by atoms with Gasteiger partial charge in [0.05, 0.1) is 0 Å². The Balaban J connectivity index is 2.78. The molecule has 0 radical (unpaired) electrons. The monoisotopic (exact) mass is 126 g/mol. The molecule has 0 aromatic heterocycles. The van der Waals surface area contributed by atoms with Crippen molar-refractivity contribution in [2.45, 2.75) is 18.8 Å². The average molecular weight is 126 g/mol. The van der Waals surface area contributed by atoms with Crippen LogP contribution in [0.2, 0.25) is 0 Å². The van der Waals surface area contributed by atoms with Crippen molar-refractivity contribution >= 4 is 12.4 Å². The molecule has 4 nitrogen and oxygen atoms in total. The normalized spacial score (nSPS) is 41.4. The number of hydrogen-bond donors (Lipinski definition) is 2. The molecule has 2 unspecified atom stereocenters. The van der Waals surface area contributed by atoms with E-state index in [-0.39, 0.29) is 0 Å². The van der Waals surface area contributed by atoms with E-state index in [0.717, 1.165) is 0 Å². The lowest BCUT2D eigenvalue weighted by atomic mass is 10.1. The summed E-state index contributed by atoms with van der Waals surface area (Å²) in [6, 6.07) is 0. The molecule has 0 saturated carbocycles. The molecule has 1 heterocycles. The SMILES string of the molecule is CC1(N)N=CC=NC1N. The minimum Gasteiger partial charge on any atom is -0.307 e. The first-order chi connectivity index (χ1) is 4.13. The van der Waals surface area contributed by atoms with Crippen LogP contribution in [0.1, 0.15) is 6.92 Å². The molecule has 9 heavy (non-hydrogen) atoms. The zero-order chi connectivity index (χ0) is 6.91. The van der Waals surface area contributed by atoms with Crippen LogP contribution in [0.5, 0.6) is 0 Å². The van der Waals surface area contributed by atoms with Crippen LogP contribution in [0.25, 0.3) is 0 Å². The van der Waals surface area contributed by atoms with Gasteiger partial charge in [0.25, 0.3) is 0 Å². The van der Waals surface area contributed by atoms with Gasteiger partial charge in [0.1, 0.15) is 11.8 Å². The Morgan fingerprint density at radius 3 is 2.56 bits per heavy atom. The Morgan fingerprint density at radius 1 is 1.56 bits per heavy atom. The highest BCUT2D eigenvalue weighted by atomic mass is 15.2. The maximum atomic E-state index is 5.58. The van der Waals surface area contributed by atoms with Gasteiger partial charge in [-0.2, -0.15) is 0 Å². The Bertz CT molecular complexity index is 158. The first kappa shape index (κ1) is 6.38. The highest BCUT2D eigenvalue weighted by Gasteiger charge is 2.25. The first-order valence-electron chi connectivity index (χ1n) is 2.74. The molecule has 0 spiro atoms. The van der Waals surface area contributed by atoms with E-state index in [1.165, 1.54) is 0 Å². The van der Waals surface area contributed by atoms with Crippen LogP contribution in [0.3, 0.4) is 0 Å². The van der Waals surface area contributed by atoms with Crippen LogP contribution in [-0.4, -0.2) is 24.3 Å². The lowest BCUT2D eigenvalue weighted by Gasteiger charge is -2.25. The van der Waals surface area contributed by atoms with Gasteiger partial charge in [0, 0.05) is 12.4 Å². The predicted octanol–water partition coefficient (Wildman–Crippen LogP) is -0.899. The second-order valence-electron chi connectivity index (χ2n) is 2.25. The Labute approximate surface area is 53.7 Å². The molecule has 0 fully saturated rings. The van der Waals surface area contributed by atoms with E-state index in [9.17, 15) is 0 Å². The third-order valence-corrected chi connectivity index (χ3v) is 1.26. The van der Waals surface area contributed by atoms with Crippen molar-refractivity contribution in [2.75, 3.05) is 0 Å². The molecule has 0 saturated heterocycles. The minimum absolute atomic E-state index is 0.400. The summed E-state index contributed by atoms with van der Waals surface area (Å²) in [6.45, 7) is 1.74. The Hall–Kier alpha value is -0.740. The smallest absolute Gasteiger partial charge is 0.140 e. The van der Waals surface area contributed by atoms with Crippen molar-refractivity contribution in [3.05, 3.63) is 0 Å². The van der Waals surface area contributed by atoms with Crippen LogP contribution < -0.4 is 11.5 Å². The van der Waals surface area contributed by atoms with Gasteiger partial charge in [-0.05, 0) is 6.92 Å². The number of rotatable bonds is 0. The molecule has 1 rings (SSSR count). The van der Waals surface area contributed by atoms with Crippen LogP contribution in [0, 0.1) is 0 Å². The summed E-state index contributed by atoms with van der Waals surface area (Å²) in [4.78, 5) is 7.78. The predicted molar refractivity (Wildman–Crippen MR) is 37.6 cm³/mol. The van der Waals surface area contributed by atoms with E-state index in [2.05, 4.69) is 9.98 Å². The van der Waals surface area contributed by atoms with Gasteiger partial charge in [-0.3, -0.25) is 9.98 Å². The fourth-order valence-electron chi connectivity index (χ4n) is 0.552. The molecule has 4 heteroatoms. The molecule has 0 bridgehead atoms. The Morgan fingerprint density at radius 2 is 2.22 bits per heavy atom. The average Bonchev–Trinajstić information content (AvgIpc) is 1.77. The largest absolute Gasteiger partial charge is 0.307 e. The topological polar surface area (TPSA) is 76.8 Å². The lowest BCUT2D eigenvalue weighted by molar-refractivity contribution is 0.401. The third kappa shape index (κ3) is 1.14. The van der Waals surface area contributed by atoms with Crippen LogP contribution in [-0.2, 0) is 0 Å². The van der Waals surface area contributed by atoms with Crippen molar-refractivity contribution in [3.8, 4) is 0 Å². The summed E-state index contributed by atoms with van der Waals surface area (Å²) in [5, 5.41) is 0. The van der Waals surface area contributed by atoms with Crippen LogP contribution in [0.4, 0.5) is 0 Å². The van der Waals surface area contributed by atoms with Gasteiger partial charge >= 0.3 is 0 Å². The van der Waals surface area contributed by atoms with E-state index >= 15 is 0 Å². The van der Waals surface area contributed by atoms with E-state index in [1.807, 2.05) is 0 Å². The maximum Gasteiger partial charge on any atom is 0.140 e. The summed E-state index contributed by atoms with van der Waals surface area (Å²) in [6.07, 6.45) is 2.71.